The molecule has 0 saturated carbocycles. The molecule has 2 N–H and O–H groups in total. The SMILES string of the molecule is CN1CC[C@@]2(N=Cc3ccccc3O)Oc3ccccc3[C@@H](N=Cc3ccccc3O)[C@@H]2C1. The lowest BCUT2D eigenvalue weighted by Gasteiger charge is -2.49. The molecule has 3 aromatic rings. The highest BCUT2D eigenvalue weighted by Gasteiger charge is 2.52. The highest BCUT2D eigenvalue weighted by molar-refractivity contribution is 5.84. The maximum absolute atomic E-state index is 10.2. The second-order valence-corrected chi connectivity index (χ2v) is 8.70. The maximum atomic E-state index is 10.2. The Bertz CT molecular complexity index is 1210. The average Bonchev–Trinajstić information content (AvgIpc) is 2.83. The van der Waals surface area contributed by atoms with E-state index in [1.807, 2.05) is 48.5 Å². The molecule has 5 rings (SSSR count). The van der Waals surface area contributed by atoms with Crippen molar-refractivity contribution in [3.63, 3.8) is 0 Å². The Morgan fingerprint density at radius 1 is 0.909 bits per heavy atom. The summed E-state index contributed by atoms with van der Waals surface area (Å²) in [5.74, 6) is 1.11. The molecule has 0 aliphatic carbocycles. The summed E-state index contributed by atoms with van der Waals surface area (Å²) in [6.07, 6.45) is 4.16. The zero-order valence-corrected chi connectivity index (χ0v) is 18.5. The van der Waals surface area contributed by atoms with Gasteiger partial charge < -0.3 is 19.8 Å². The van der Waals surface area contributed by atoms with Gasteiger partial charge in [-0.2, -0.15) is 0 Å². The third-order valence-electron chi connectivity index (χ3n) is 6.51. The van der Waals surface area contributed by atoms with E-state index in [-0.39, 0.29) is 23.5 Å². The van der Waals surface area contributed by atoms with Gasteiger partial charge in [0.2, 0.25) is 5.72 Å². The monoisotopic (exact) mass is 441 g/mol. The number of fused-ring (bicyclic) bond motifs is 2. The van der Waals surface area contributed by atoms with Gasteiger partial charge in [-0.05, 0) is 37.4 Å². The van der Waals surface area contributed by atoms with Gasteiger partial charge in [0.25, 0.3) is 0 Å². The molecular weight excluding hydrogens is 414 g/mol. The fraction of sp³-hybridized carbons (Fsp3) is 0.259. The number of phenols is 2. The lowest BCUT2D eigenvalue weighted by atomic mass is 9.77. The molecule has 3 aromatic carbocycles. The molecule has 3 atom stereocenters. The first-order valence-electron chi connectivity index (χ1n) is 11.2. The number of aliphatic imine (C=N–C) groups is 2. The summed E-state index contributed by atoms with van der Waals surface area (Å²) in [4.78, 5) is 12.2. The summed E-state index contributed by atoms with van der Waals surface area (Å²) in [5, 5.41) is 20.5. The Labute approximate surface area is 193 Å². The van der Waals surface area contributed by atoms with Gasteiger partial charge >= 0.3 is 0 Å². The van der Waals surface area contributed by atoms with Crippen LogP contribution < -0.4 is 4.74 Å². The fourth-order valence-corrected chi connectivity index (χ4v) is 4.71. The number of likely N-dealkylation sites (tertiary alicyclic amines) is 1. The number of para-hydroxylation sites is 3. The van der Waals surface area contributed by atoms with Crippen molar-refractivity contribution in [2.75, 3.05) is 20.1 Å². The first-order valence-corrected chi connectivity index (χ1v) is 11.2. The zero-order valence-electron chi connectivity index (χ0n) is 18.5. The van der Waals surface area contributed by atoms with Gasteiger partial charge in [-0.1, -0.05) is 42.5 Å². The molecular formula is C27H27N3O3. The predicted octanol–water partition coefficient (Wildman–Crippen LogP) is 4.42. The molecule has 33 heavy (non-hydrogen) atoms. The van der Waals surface area contributed by atoms with Crippen LogP contribution >= 0.6 is 0 Å². The summed E-state index contributed by atoms with van der Waals surface area (Å²) >= 11 is 0. The van der Waals surface area contributed by atoms with Crippen LogP contribution in [0.3, 0.4) is 0 Å². The van der Waals surface area contributed by atoms with Crippen LogP contribution in [0.1, 0.15) is 29.2 Å². The Morgan fingerprint density at radius 3 is 2.27 bits per heavy atom. The molecule has 0 radical (unpaired) electrons. The van der Waals surface area contributed by atoms with Crippen molar-refractivity contribution < 1.29 is 14.9 Å². The molecule has 2 aliphatic rings. The number of hydrogen-bond acceptors (Lipinski definition) is 6. The Hall–Kier alpha value is -3.64. The van der Waals surface area contributed by atoms with E-state index in [0.717, 1.165) is 24.4 Å². The van der Waals surface area contributed by atoms with Crippen molar-refractivity contribution in [1.82, 2.24) is 4.90 Å². The van der Waals surface area contributed by atoms with Crippen molar-refractivity contribution in [2.45, 2.75) is 18.2 Å². The van der Waals surface area contributed by atoms with E-state index in [0.29, 0.717) is 17.5 Å². The van der Waals surface area contributed by atoms with E-state index in [4.69, 9.17) is 14.7 Å². The summed E-state index contributed by atoms with van der Waals surface area (Å²) in [6, 6.07) is 22.1. The number of aromatic hydroxyl groups is 2. The Balaban J connectivity index is 1.59. The topological polar surface area (TPSA) is 77.7 Å². The van der Waals surface area contributed by atoms with E-state index in [1.54, 1.807) is 36.7 Å². The van der Waals surface area contributed by atoms with Gasteiger partial charge in [0.15, 0.2) is 0 Å². The van der Waals surface area contributed by atoms with E-state index >= 15 is 0 Å². The lowest BCUT2D eigenvalue weighted by molar-refractivity contribution is -0.0624. The lowest BCUT2D eigenvalue weighted by Crippen LogP contribution is -2.57. The van der Waals surface area contributed by atoms with Crippen LogP contribution in [0.5, 0.6) is 17.2 Å². The first-order chi connectivity index (χ1) is 16.1. The second kappa shape index (κ2) is 8.71. The van der Waals surface area contributed by atoms with Crippen LogP contribution in [-0.4, -0.2) is 53.4 Å². The number of ether oxygens (including phenoxy) is 1. The second-order valence-electron chi connectivity index (χ2n) is 8.70. The van der Waals surface area contributed by atoms with E-state index in [9.17, 15) is 10.2 Å². The molecule has 6 nitrogen and oxygen atoms in total. The van der Waals surface area contributed by atoms with Crippen LogP contribution in [0.2, 0.25) is 0 Å². The van der Waals surface area contributed by atoms with Gasteiger partial charge in [0.1, 0.15) is 17.2 Å². The minimum absolute atomic E-state index is 0.0460. The van der Waals surface area contributed by atoms with Crippen LogP contribution in [0.25, 0.3) is 0 Å². The predicted molar refractivity (Wildman–Crippen MR) is 130 cm³/mol. The average molecular weight is 442 g/mol. The van der Waals surface area contributed by atoms with Gasteiger partial charge in [-0.15, -0.1) is 0 Å². The number of nitrogens with zero attached hydrogens (tertiary/aromatic N) is 3. The van der Waals surface area contributed by atoms with Gasteiger partial charge in [0, 0.05) is 48.6 Å². The van der Waals surface area contributed by atoms with Crippen LogP contribution in [0.15, 0.2) is 82.8 Å². The third kappa shape index (κ3) is 4.10. The molecule has 0 unspecified atom stereocenters. The normalized spacial score (nSPS) is 25.0. The summed E-state index contributed by atoms with van der Waals surface area (Å²) in [6.45, 7) is 1.60. The summed E-state index contributed by atoms with van der Waals surface area (Å²) in [7, 11) is 2.10. The molecule has 0 amide bonds. The van der Waals surface area contributed by atoms with Gasteiger partial charge in [-0.3, -0.25) is 4.99 Å². The van der Waals surface area contributed by atoms with Gasteiger partial charge in [0.05, 0.1) is 12.0 Å². The minimum atomic E-state index is -0.802. The zero-order chi connectivity index (χ0) is 22.8. The maximum Gasteiger partial charge on any atom is 0.207 e. The Morgan fingerprint density at radius 2 is 1.55 bits per heavy atom. The molecule has 0 bridgehead atoms. The van der Waals surface area contributed by atoms with Crippen molar-refractivity contribution in [2.24, 2.45) is 15.9 Å². The molecule has 1 saturated heterocycles. The largest absolute Gasteiger partial charge is 0.507 e. The van der Waals surface area contributed by atoms with Crippen molar-refractivity contribution >= 4 is 12.4 Å². The quantitative estimate of drug-likeness (QED) is 0.588. The summed E-state index contributed by atoms with van der Waals surface area (Å²) in [5.41, 5.74) is 1.54. The number of phenolic OH excluding ortho intramolecular Hbond substituents is 2. The minimum Gasteiger partial charge on any atom is -0.507 e. The van der Waals surface area contributed by atoms with E-state index < -0.39 is 5.72 Å². The molecule has 168 valence electrons. The van der Waals surface area contributed by atoms with Gasteiger partial charge in [-0.25, -0.2) is 4.99 Å². The number of hydrogen-bond donors (Lipinski definition) is 2. The molecule has 1 fully saturated rings. The number of piperidine rings is 1. The van der Waals surface area contributed by atoms with Crippen molar-refractivity contribution in [3.8, 4) is 17.2 Å². The highest BCUT2D eigenvalue weighted by Crippen LogP contribution is 2.49. The fourth-order valence-electron chi connectivity index (χ4n) is 4.71. The van der Waals surface area contributed by atoms with Crippen molar-refractivity contribution in [3.05, 3.63) is 89.5 Å². The van der Waals surface area contributed by atoms with E-state index in [2.05, 4.69) is 11.9 Å². The Kier molecular flexibility index (Phi) is 5.60. The van der Waals surface area contributed by atoms with Crippen LogP contribution in [-0.2, 0) is 0 Å². The third-order valence-corrected chi connectivity index (χ3v) is 6.51. The molecule has 2 aliphatic heterocycles. The highest BCUT2D eigenvalue weighted by atomic mass is 16.5. The molecule has 0 spiro atoms. The summed E-state index contributed by atoms with van der Waals surface area (Å²) < 4.78 is 6.61. The molecule has 0 aromatic heterocycles. The number of rotatable bonds is 4. The smallest absolute Gasteiger partial charge is 0.207 e. The standard InChI is InChI=1S/C27H27N3O3/c1-30-15-14-27(29-17-20-9-3-6-12-24(20)32)22(18-30)26(21-10-4-7-13-25(21)33-27)28-16-19-8-2-5-11-23(19)31/h2-13,16-17,22,26,31-32H,14-15,18H2,1H3/t22-,26+,27+/m0/s1. The molecule has 2 heterocycles. The number of benzene rings is 3. The van der Waals surface area contributed by atoms with Crippen molar-refractivity contribution in [1.29, 1.82) is 0 Å². The van der Waals surface area contributed by atoms with E-state index in [1.165, 1.54) is 0 Å². The van der Waals surface area contributed by atoms with Crippen LogP contribution in [0, 0.1) is 5.92 Å². The van der Waals surface area contributed by atoms with Crippen LogP contribution in [0.4, 0.5) is 0 Å². The molecule has 6 heteroatoms. The first kappa shape index (κ1) is 21.2.